The third-order valence-electron chi connectivity index (χ3n) is 0.641. The molecule has 0 saturated heterocycles. The van der Waals surface area contributed by atoms with Gasteiger partial charge in [-0.05, 0) is 12.6 Å². The zero-order chi connectivity index (χ0) is 4.24. The number of dihydropyridines is 1. The van der Waals surface area contributed by atoms with E-state index in [-0.39, 0.29) is 0 Å². The van der Waals surface area contributed by atoms with Gasteiger partial charge in [-0.3, -0.25) is 0 Å². The summed E-state index contributed by atoms with van der Waals surface area (Å²) >= 11 is 0. The third kappa shape index (κ3) is 0.612. The van der Waals surface area contributed by atoms with Gasteiger partial charge in [0.2, 0.25) is 0 Å². The summed E-state index contributed by atoms with van der Waals surface area (Å²) in [5.74, 6) is 0. The lowest BCUT2D eigenvalue weighted by Crippen LogP contribution is -1.94. The quantitative estimate of drug-likeness (QED) is 0.454. The first kappa shape index (κ1) is 3.47. The van der Waals surface area contributed by atoms with Crippen LogP contribution in [0.15, 0.2) is 18.4 Å². The van der Waals surface area contributed by atoms with Crippen LogP contribution in [0.25, 0.3) is 0 Å². The predicted octanol–water partition coefficient (Wildman–Crippen LogP) is 0.810. The highest BCUT2D eigenvalue weighted by molar-refractivity contribution is 4.94. The van der Waals surface area contributed by atoms with Gasteiger partial charge in [0.25, 0.3) is 0 Å². The summed E-state index contributed by atoms with van der Waals surface area (Å²) < 4.78 is 0. The molecule has 31 valence electrons. The molecule has 1 nitrogen and oxygen atoms in total. The van der Waals surface area contributed by atoms with Crippen LogP contribution >= 0.6 is 0 Å². The van der Waals surface area contributed by atoms with Crippen LogP contribution in [0.2, 0.25) is 0 Å². The Hall–Kier alpha value is -0.720. The minimum Gasteiger partial charge on any atom is -0.361 e. The van der Waals surface area contributed by atoms with Gasteiger partial charge in [0, 0.05) is 0 Å². The Morgan fingerprint density at radius 3 is 2.83 bits per heavy atom. The molecule has 0 saturated carbocycles. The molecule has 1 radical (unpaired) electrons. The lowest BCUT2D eigenvalue weighted by atomic mass is 10.4. The Labute approximate surface area is 37.4 Å². The van der Waals surface area contributed by atoms with E-state index in [1.54, 1.807) is 0 Å². The van der Waals surface area contributed by atoms with Gasteiger partial charge in [0.05, 0.1) is 6.20 Å². The molecule has 6 heavy (non-hydrogen) atoms. The van der Waals surface area contributed by atoms with Crippen LogP contribution in [0.5, 0.6) is 0 Å². The topological polar surface area (TPSA) is 12.0 Å². The predicted molar refractivity (Wildman–Crippen MR) is 24.7 cm³/mol. The Balaban J connectivity index is 2.40. The van der Waals surface area contributed by atoms with Crippen LogP contribution in [-0.2, 0) is 0 Å². The molecule has 0 spiro atoms. The van der Waals surface area contributed by atoms with Gasteiger partial charge in [-0.2, -0.15) is 0 Å². The Bertz CT molecular complexity index is 61.9. The van der Waals surface area contributed by atoms with E-state index in [0.717, 1.165) is 6.42 Å². The molecule has 1 rings (SSSR count). The minimum atomic E-state index is 1.02. The molecule has 0 aliphatic carbocycles. The maximum atomic E-state index is 2.82. The van der Waals surface area contributed by atoms with E-state index >= 15 is 0 Å². The van der Waals surface area contributed by atoms with Crippen molar-refractivity contribution < 1.29 is 0 Å². The molecule has 1 N–H and O–H groups in total. The Morgan fingerprint density at radius 2 is 2.67 bits per heavy atom. The molecular weight excluding hydrogens is 74.1 g/mol. The molecule has 0 aromatic heterocycles. The van der Waals surface area contributed by atoms with Gasteiger partial charge in [0.15, 0.2) is 0 Å². The van der Waals surface area contributed by atoms with Crippen LogP contribution < -0.4 is 5.32 Å². The minimum absolute atomic E-state index is 1.02. The molecule has 0 fully saturated rings. The van der Waals surface area contributed by atoms with Crippen LogP contribution in [0.1, 0.15) is 6.42 Å². The van der Waals surface area contributed by atoms with Crippen LogP contribution in [0, 0.1) is 6.20 Å². The number of hydrogen-bond donors (Lipinski definition) is 1. The van der Waals surface area contributed by atoms with Gasteiger partial charge < -0.3 is 5.32 Å². The lowest BCUT2D eigenvalue weighted by Gasteiger charge is -1.90. The fourth-order valence-corrected chi connectivity index (χ4v) is 0.361. The van der Waals surface area contributed by atoms with E-state index in [1.807, 2.05) is 18.4 Å². The summed E-state index contributed by atoms with van der Waals surface area (Å²) in [6.45, 7) is 0. The largest absolute Gasteiger partial charge is 0.361 e. The summed E-state index contributed by atoms with van der Waals surface area (Å²) in [5, 5.41) is 2.80. The van der Waals surface area contributed by atoms with E-state index in [2.05, 4.69) is 11.5 Å². The zero-order valence-electron chi connectivity index (χ0n) is 3.44. The first-order valence-corrected chi connectivity index (χ1v) is 1.98. The first-order chi connectivity index (χ1) is 3.00. The van der Waals surface area contributed by atoms with Crippen LogP contribution in [-0.4, -0.2) is 0 Å². The van der Waals surface area contributed by atoms with E-state index in [0.29, 0.717) is 0 Å². The molecule has 1 heteroatoms. The fourth-order valence-electron chi connectivity index (χ4n) is 0.361. The van der Waals surface area contributed by atoms with Crippen molar-refractivity contribution in [1.29, 1.82) is 0 Å². The molecule has 0 atom stereocenters. The summed E-state index contributed by atoms with van der Waals surface area (Å²) in [6, 6.07) is 0. The van der Waals surface area contributed by atoms with Crippen molar-refractivity contribution >= 4 is 0 Å². The Morgan fingerprint density at radius 1 is 1.67 bits per heavy atom. The second kappa shape index (κ2) is 1.65. The number of allylic oxidation sites excluding steroid dienone is 2. The normalized spacial score (nSPS) is 17.3. The van der Waals surface area contributed by atoms with Gasteiger partial charge in [-0.15, -0.1) is 0 Å². The Kier molecular flexibility index (Phi) is 0.955. The first-order valence-electron chi connectivity index (χ1n) is 1.98. The molecule has 0 bridgehead atoms. The number of nitrogens with one attached hydrogen (secondary N) is 1. The van der Waals surface area contributed by atoms with Crippen molar-refractivity contribution in [2.24, 2.45) is 0 Å². The molecule has 0 unspecified atom stereocenters. The van der Waals surface area contributed by atoms with Gasteiger partial charge in [-0.25, -0.2) is 0 Å². The molecule has 0 aromatic rings. The van der Waals surface area contributed by atoms with Gasteiger partial charge >= 0.3 is 0 Å². The second-order valence-corrected chi connectivity index (χ2v) is 1.13. The van der Waals surface area contributed by atoms with Gasteiger partial charge in [0.1, 0.15) is 0 Å². The fraction of sp³-hybridized carbons (Fsp3) is 0.200. The molecule has 1 heterocycles. The van der Waals surface area contributed by atoms with Crippen molar-refractivity contribution in [3.05, 3.63) is 24.6 Å². The molecule has 1 aliphatic rings. The van der Waals surface area contributed by atoms with E-state index in [1.165, 1.54) is 0 Å². The maximum Gasteiger partial charge on any atom is 0.0578 e. The van der Waals surface area contributed by atoms with E-state index in [4.69, 9.17) is 0 Å². The molecular formula is C5H6N. The average Bonchev–Trinajstić information content (AvgIpc) is 1.72. The highest BCUT2D eigenvalue weighted by atomic mass is 14.8. The van der Waals surface area contributed by atoms with Crippen molar-refractivity contribution in [1.82, 2.24) is 5.32 Å². The van der Waals surface area contributed by atoms with E-state index < -0.39 is 0 Å². The van der Waals surface area contributed by atoms with Crippen molar-refractivity contribution in [2.45, 2.75) is 6.42 Å². The highest BCUT2D eigenvalue weighted by Crippen LogP contribution is 1.85. The summed E-state index contributed by atoms with van der Waals surface area (Å²) in [5.41, 5.74) is 0. The average molecular weight is 80.1 g/mol. The zero-order valence-corrected chi connectivity index (χ0v) is 3.44. The summed E-state index contributed by atoms with van der Waals surface area (Å²) in [7, 11) is 0. The van der Waals surface area contributed by atoms with Crippen LogP contribution in [0.3, 0.4) is 0 Å². The molecule has 1 aliphatic heterocycles. The van der Waals surface area contributed by atoms with Crippen molar-refractivity contribution in [2.75, 3.05) is 0 Å². The second-order valence-electron chi connectivity index (χ2n) is 1.13. The third-order valence-corrected chi connectivity index (χ3v) is 0.641. The monoisotopic (exact) mass is 80.1 g/mol. The van der Waals surface area contributed by atoms with Crippen molar-refractivity contribution in [3.8, 4) is 0 Å². The SMILES string of the molecule is [C]1=CCC=CN1. The molecule has 0 amide bonds. The highest BCUT2D eigenvalue weighted by Gasteiger charge is 1.74. The maximum absolute atomic E-state index is 2.82. The van der Waals surface area contributed by atoms with Crippen molar-refractivity contribution in [3.63, 3.8) is 0 Å². The number of hydrogen-bond acceptors (Lipinski definition) is 1. The summed E-state index contributed by atoms with van der Waals surface area (Å²) in [6.07, 6.45) is 9.70. The summed E-state index contributed by atoms with van der Waals surface area (Å²) in [4.78, 5) is 0. The molecule has 0 aromatic carbocycles. The number of rotatable bonds is 0. The standard InChI is InChI=1S/C5H6N/c1-2-4-6-5-3-1/h2-4,6H,1H2. The van der Waals surface area contributed by atoms with Gasteiger partial charge in [-0.1, -0.05) is 12.2 Å². The lowest BCUT2D eigenvalue weighted by molar-refractivity contribution is 1.07. The van der Waals surface area contributed by atoms with Crippen LogP contribution in [0.4, 0.5) is 0 Å². The smallest absolute Gasteiger partial charge is 0.0578 e. The van der Waals surface area contributed by atoms with E-state index in [9.17, 15) is 0 Å².